The highest BCUT2D eigenvalue weighted by Gasteiger charge is 2.25. The van der Waals surface area contributed by atoms with E-state index in [0.717, 1.165) is 29.9 Å². The van der Waals surface area contributed by atoms with Gasteiger partial charge in [0.05, 0.1) is 6.54 Å². The number of nitrogens with zero attached hydrogens (tertiary/aromatic N) is 1. The third-order valence-electron chi connectivity index (χ3n) is 5.56. The lowest BCUT2D eigenvalue weighted by atomic mass is 10.1. The Balaban J connectivity index is 1.45. The van der Waals surface area contributed by atoms with Crippen molar-refractivity contribution in [2.45, 2.75) is 45.2 Å². The number of rotatable bonds is 7. The molecule has 6 nitrogen and oxygen atoms in total. The van der Waals surface area contributed by atoms with E-state index in [2.05, 4.69) is 10.2 Å². The van der Waals surface area contributed by atoms with Crippen molar-refractivity contribution in [3.05, 3.63) is 53.6 Å². The number of carbonyl (C=O) groups excluding carboxylic acids is 2. The highest BCUT2D eigenvalue weighted by molar-refractivity contribution is 5.97. The normalized spacial score (nSPS) is 15.7. The molecule has 0 bridgehead atoms. The highest BCUT2D eigenvalue weighted by atomic mass is 16.7. The number of ether oxygens (including phenoxy) is 2. The number of amides is 1. The van der Waals surface area contributed by atoms with Gasteiger partial charge in [-0.05, 0) is 49.6 Å². The molecule has 0 radical (unpaired) electrons. The second-order valence-corrected chi connectivity index (χ2v) is 7.72. The van der Waals surface area contributed by atoms with Crippen LogP contribution in [0.4, 0.5) is 5.69 Å². The van der Waals surface area contributed by atoms with Crippen LogP contribution in [0.2, 0.25) is 0 Å². The van der Waals surface area contributed by atoms with Crippen molar-refractivity contribution in [2.24, 2.45) is 0 Å². The lowest BCUT2D eigenvalue weighted by Gasteiger charge is -2.28. The minimum atomic E-state index is -0.0710. The van der Waals surface area contributed by atoms with E-state index in [-0.39, 0.29) is 18.5 Å². The minimum absolute atomic E-state index is 0.0171. The fraction of sp³-hybridized carbons (Fsp3) is 0.391. The predicted octanol–water partition coefficient (Wildman–Crippen LogP) is 4.00. The molecule has 1 aliphatic carbocycles. The molecule has 2 aromatic carbocycles. The van der Waals surface area contributed by atoms with Gasteiger partial charge < -0.3 is 14.8 Å². The number of carbonyl (C=O) groups is 2. The Morgan fingerprint density at radius 2 is 1.86 bits per heavy atom. The van der Waals surface area contributed by atoms with Crippen LogP contribution in [0.1, 0.15) is 48.5 Å². The average Bonchev–Trinajstić information content (AvgIpc) is 3.39. The van der Waals surface area contributed by atoms with Gasteiger partial charge in [-0.25, -0.2) is 0 Å². The van der Waals surface area contributed by atoms with Crippen LogP contribution in [0.25, 0.3) is 0 Å². The largest absolute Gasteiger partial charge is 0.454 e. The van der Waals surface area contributed by atoms with E-state index in [9.17, 15) is 9.59 Å². The van der Waals surface area contributed by atoms with Crippen LogP contribution < -0.4 is 14.8 Å². The quantitative estimate of drug-likeness (QED) is 0.719. The van der Waals surface area contributed by atoms with Crippen LogP contribution in [0, 0.1) is 0 Å². The molecule has 29 heavy (non-hydrogen) atoms. The first-order valence-electron chi connectivity index (χ1n) is 10.1. The van der Waals surface area contributed by atoms with Crippen LogP contribution >= 0.6 is 0 Å². The topological polar surface area (TPSA) is 67.9 Å². The van der Waals surface area contributed by atoms with E-state index < -0.39 is 0 Å². The number of nitrogens with one attached hydrogen (secondary N) is 1. The molecule has 4 rings (SSSR count). The van der Waals surface area contributed by atoms with Crippen molar-refractivity contribution in [2.75, 3.05) is 18.7 Å². The van der Waals surface area contributed by atoms with Crippen LogP contribution in [-0.4, -0.2) is 36.0 Å². The van der Waals surface area contributed by atoms with Gasteiger partial charge in [0.15, 0.2) is 17.3 Å². The molecular formula is C23H26N2O4. The zero-order chi connectivity index (χ0) is 20.2. The van der Waals surface area contributed by atoms with E-state index in [1.54, 1.807) is 18.2 Å². The lowest BCUT2D eigenvalue weighted by Crippen LogP contribution is -2.39. The Morgan fingerprint density at radius 1 is 1.07 bits per heavy atom. The summed E-state index contributed by atoms with van der Waals surface area (Å²) in [5, 5.41) is 2.94. The molecule has 0 saturated heterocycles. The van der Waals surface area contributed by atoms with Gasteiger partial charge in [0.25, 0.3) is 0 Å². The van der Waals surface area contributed by atoms with Crippen molar-refractivity contribution >= 4 is 17.4 Å². The van der Waals surface area contributed by atoms with Crippen LogP contribution in [0.3, 0.4) is 0 Å². The number of benzene rings is 2. The maximum absolute atomic E-state index is 12.8. The molecule has 0 atom stereocenters. The maximum Gasteiger partial charge on any atom is 0.238 e. The van der Waals surface area contributed by atoms with Gasteiger partial charge in [0.1, 0.15) is 0 Å². The molecule has 1 saturated carbocycles. The molecular weight excluding hydrogens is 368 g/mol. The molecule has 1 amide bonds. The Labute approximate surface area is 170 Å². The second kappa shape index (κ2) is 8.66. The molecule has 152 valence electrons. The number of ketones is 1. The Bertz CT molecular complexity index is 906. The number of hydrogen-bond acceptors (Lipinski definition) is 5. The summed E-state index contributed by atoms with van der Waals surface area (Å²) in [5.41, 5.74) is 2.35. The SMILES string of the molecule is CC(=O)c1cccc(NC(=O)CN(Cc2ccc3c(c2)OCO3)C2CCCC2)c1. The Morgan fingerprint density at radius 3 is 2.66 bits per heavy atom. The van der Waals surface area contributed by atoms with Gasteiger partial charge in [-0.3, -0.25) is 14.5 Å². The van der Waals surface area contributed by atoms with Crippen LogP contribution in [0.5, 0.6) is 11.5 Å². The zero-order valence-corrected chi connectivity index (χ0v) is 16.6. The first-order chi connectivity index (χ1) is 14.1. The first-order valence-corrected chi connectivity index (χ1v) is 10.1. The van der Waals surface area contributed by atoms with Crippen molar-refractivity contribution in [1.29, 1.82) is 0 Å². The monoisotopic (exact) mass is 394 g/mol. The Kier molecular flexibility index (Phi) is 5.81. The second-order valence-electron chi connectivity index (χ2n) is 7.72. The summed E-state index contributed by atoms with van der Waals surface area (Å²) < 4.78 is 10.9. The van der Waals surface area contributed by atoms with Crippen LogP contribution in [-0.2, 0) is 11.3 Å². The third kappa shape index (κ3) is 4.77. The number of hydrogen-bond donors (Lipinski definition) is 1. The van der Waals surface area contributed by atoms with Gasteiger partial charge in [0, 0.05) is 23.8 Å². The van der Waals surface area contributed by atoms with Crippen molar-refractivity contribution in [3.63, 3.8) is 0 Å². The molecule has 2 aliphatic rings. The third-order valence-corrected chi connectivity index (χ3v) is 5.56. The van der Waals surface area contributed by atoms with Gasteiger partial charge in [0.2, 0.25) is 12.7 Å². The van der Waals surface area contributed by atoms with E-state index in [4.69, 9.17) is 9.47 Å². The number of fused-ring (bicyclic) bond motifs is 1. The summed E-state index contributed by atoms with van der Waals surface area (Å²) in [5.74, 6) is 1.44. The standard InChI is InChI=1S/C23H26N2O4/c1-16(26)18-5-4-6-19(12-18)24-23(27)14-25(20-7-2-3-8-20)13-17-9-10-21-22(11-17)29-15-28-21/h4-6,9-12,20H,2-3,7-8,13-15H2,1H3,(H,24,27). The molecule has 1 aliphatic heterocycles. The maximum atomic E-state index is 12.8. The van der Waals surface area contributed by atoms with Gasteiger partial charge in [-0.2, -0.15) is 0 Å². The van der Waals surface area contributed by atoms with E-state index in [0.29, 0.717) is 30.4 Å². The zero-order valence-electron chi connectivity index (χ0n) is 16.6. The van der Waals surface area contributed by atoms with E-state index in [1.165, 1.54) is 19.8 Å². The van der Waals surface area contributed by atoms with Gasteiger partial charge in [-0.1, -0.05) is 31.0 Å². The predicted molar refractivity (Wildman–Crippen MR) is 110 cm³/mol. The van der Waals surface area contributed by atoms with E-state index >= 15 is 0 Å². The molecule has 0 aromatic heterocycles. The molecule has 0 spiro atoms. The average molecular weight is 394 g/mol. The Hall–Kier alpha value is -2.86. The molecule has 2 aromatic rings. The van der Waals surface area contributed by atoms with Crippen molar-refractivity contribution < 1.29 is 19.1 Å². The van der Waals surface area contributed by atoms with Crippen molar-refractivity contribution in [1.82, 2.24) is 4.90 Å². The number of Topliss-reactive ketones (excluding diaryl/α,β-unsaturated/α-hetero) is 1. The van der Waals surface area contributed by atoms with Gasteiger partial charge in [-0.15, -0.1) is 0 Å². The van der Waals surface area contributed by atoms with Gasteiger partial charge >= 0.3 is 0 Å². The molecule has 0 unspecified atom stereocenters. The lowest BCUT2D eigenvalue weighted by molar-refractivity contribution is -0.118. The fourth-order valence-electron chi connectivity index (χ4n) is 4.06. The smallest absolute Gasteiger partial charge is 0.238 e. The summed E-state index contributed by atoms with van der Waals surface area (Å²) >= 11 is 0. The summed E-state index contributed by atoms with van der Waals surface area (Å²) in [7, 11) is 0. The first kappa shape index (κ1) is 19.5. The minimum Gasteiger partial charge on any atom is -0.454 e. The fourth-order valence-corrected chi connectivity index (χ4v) is 4.06. The summed E-state index contributed by atoms with van der Waals surface area (Å²) in [6.45, 7) is 2.77. The molecule has 1 heterocycles. The summed E-state index contributed by atoms with van der Waals surface area (Å²) in [4.78, 5) is 26.6. The van der Waals surface area contributed by atoms with E-state index in [1.807, 2.05) is 24.3 Å². The summed E-state index contributed by atoms with van der Waals surface area (Å²) in [6, 6.07) is 13.4. The molecule has 1 N–H and O–H groups in total. The summed E-state index contributed by atoms with van der Waals surface area (Å²) in [6.07, 6.45) is 4.62. The molecule has 1 fully saturated rings. The highest BCUT2D eigenvalue weighted by Crippen LogP contribution is 2.33. The van der Waals surface area contributed by atoms with Crippen LogP contribution in [0.15, 0.2) is 42.5 Å². The number of anilines is 1. The molecule has 6 heteroatoms. The van der Waals surface area contributed by atoms with Crippen molar-refractivity contribution in [3.8, 4) is 11.5 Å².